The maximum atomic E-state index is 11.1. The zero-order chi connectivity index (χ0) is 11.4. The van der Waals surface area contributed by atoms with E-state index in [9.17, 15) is 4.79 Å². The van der Waals surface area contributed by atoms with Crippen LogP contribution < -0.4 is 5.73 Å². The van der Waals surface area contributed by atoms with E-state index in [0.29, 0.717) is 0 Å². The Kier molecular flexibility index (Phi) is 3.69. The first-order chi connectivity index (χ1) is 7.73. The normalized spacial score (nSPS) is 26.2. The fourth-order valence-electron chi connectivity index (χ4n) is 3.08. The van der Waals surface area contributed by atoms with Crippen molar-refractivity contribution < 1.29 is 9.53 Å². The van der Waals surface area contributed by atoms with Gasteiger partial charge in [0.15, 0.2) is 5.72 Å². The molecule has 16 heavy (non-hydrogen) atoms. The number of hydrogen-bond acceptors (Lipinski definition) is 3. The van der Waals surface area contributed by atoms with Crippen molar-refractivity contribution in [1.82, 2.24) is 4.90 Å². The summed E-state index contributed by atoms with van der Waals surface area (Å²) in [5, 5.41) is 0. The maximum absolute atomic E-state index is 11.1. The monoisotopic (exact) mass is 226 g/mol. The number of nitrogens with zero attached hydrogens (tertiary/aromatic N) is 1. The van der Waals surface area contributed by atoms with Crippen molar-refractivity contribution in [1.29, 1.82) is 0 Å². The van der Waals surface area contributed by atoms with Crippen LogP contribution in [0.3, 0.4) is 0 Å². The molecule has 0 spiro atoms. The topological polar surface area (TPSA) is 55.6 Å². The van der Waals surface area contributed by atoms with Gasteiger partial charge < -0.3 is 10.5 Å². The van der Waals surface area contributed by atoms with E-state index in [4.69, 9.17) is 10.5 Å². The summed E-state index contributed by atoms with van der Waals surface area (Å²) in [6.07, 6.45) is 8.54. The third-order valence-electron chi connectivity index (χ3n) is 3.86. The summed E-state index contributed by atoms with van der Waals surface area (Å²) >= 11 is 0. The van der Waals surface area contributed by atoms with Crippen molar-refractivity contribution >= 4 is 6.09 Å². The number of nitrogens with two attached hydrogens (primary N) is 1. The zero-order valence-corrected chi connectivity index (χ0v) is 9.91. The lowest BCUT2D eigenvalue weighted by molar-refractivity contribution is -0.138. The Morgan fingerprint density at radius 1 is 1.00 bits per heavy atom. The molecule has 1 saturated heterocycles. The largest absolute Gasteiger partial charge is 0.428 e. The van der Waals surface area contributed by atoms with Crippen LogP contribution >= 0.6 is 0 Å². The highest BCUT2D eigenvalue weighted by Crippen LogP contribution is 2.36. The molecule has 0 aromatic rings. The molecule has 2 aliphatic rings. The van der Waals surface area contributed by atoms with Gasteiger partial charge in [0.1, 0.15) is 0 Å². The summed E-state index contributed by atoms with van der Waals surface area (Å²) in [6.45, 7) is 2.10. The highest BCUT2D eigenvalue weighted by molar-refractivity contribution is 5.65. The molecule has 2 N–H and O–H groups in total. The lowest BCUT2D eigenvalue weighted by Gasteiger charge is -2.46. The molecule has 0 radical (unpaired) electrons. The second kappa shape index (κ2) is 5.04. The van der Waals surface area contributed by atoms with Gasteiger partial charge in [0.25, 0.3) is 0 Å². The van der Waals surface area contributed by atoms with E-state index in [0.717, 1.165) is 38.8 Å². The molecule has 0 aromatic carbocycles. The second-order valence-corrected chi connectivity index (χ2v) is 4.98. The number of rotatable bonds is 2. The number of primary amides is 1. The molecule has 1 aliphatic carbocycles. The molecule has 0 aromatic heterocycles. The molecule has 2 fully saturated rings. The summed E-state index contributed by atoms with van der Waals surface area (Å²) < 4.78 is 5.48. The Hall–Kier alpha value is -0.770. The van der Waals surface area contributed by atoms with E-state index < -0.39 is 6.09 Å². The van der Waals surface area contributed by atoms with Gasteiger partial charge in [-0.3, -0.25) is 4.90 Å². The van der Waals surface area contributed by atoms with Crippen LogP contribution in [0.4, 0.5) is 4.79 Å². The Labute approximate surface area is 97.1 Å². The number of amides is 1. The molecule has 1 heterocycles. The van der Waals surface area contributed by atoms with Gasteiger partial charge in [0.2, 0.25) is 0 Å². The average Bonchev–Trinajstić information content (AvgIpc) is 2.30. The molecule has 1 saturated carbocycles. The van der Waals surface area contributed by atoms with Crippen LogP contribution in [0.15, 0.2) is 0 Å². The van der Waals surface area contributed by atoms with Crippen LogP contribution in [0.25, 0.3) is 0 Å². The van der Waals surface area contributed by atoms with E-state index in [-0.39, 0.29) is 5.72 Å². The van der Waals surface area contributed by atoms with Crippen LogP contribution in [0, 0.1) is 0 Å². The molecule has 0 atom stereocenters. The highest BCUT2D eigenvalue weighted by atomic mass is 16.6. The summed E-state index contributed by atoms with van der Waals surface area (Å²) in [6, 6.07) is 0. The SMILES string of the molecule is NC(=O)OC1(N2CCCCC2)CCCCC1. The van der Waals surface area contributed by atoms with Crippen LogP contribution in [-0.2, 0) is 4.74 Å². The molecule has 1 amide bonds. The summed E-state index contributed by atoms with van der Waals surface area (Å²) in [5.41, 5.74) is 4.86. The van der Waals surface area contributed by atoms with E-state index in [1.807, 2.05) is 0 Å². The Morgan fingerprint density at radius 3 is 2.12 bits per heavy atom. The Morgan fingerprint density at radius 2 is 1.56 bits per heavy atom. The zero-order valence-electron chi connectivity index (χ0n) is 9.91. The van der Waals surface area contributed by atoms with E-state index in [2.05, 4.69) is 4.90 Å². The minimum absolute atomic E-state index is 0.371. The van der Waals surface area contributed by atoms with Gasteiger partial charge in [-0.1, -0.05) is 12.8 Å². The van der Waals surface area contributed by atoms with Crippen molar-refractivity contribution in [2.24, 2.45) is 5.73 Å². The van der Waals surface area contributed by atoms with E-state index in [1.54, 1.807) is 0 Å². The fourth-order valence-corrected chi connectivity index (χ4v) is 3.08. The molecule has 1 aliphatic heterocycles. The molecular weight excluding hydrogens is 204 g/mol. The minimum atomic E-state index is -0.618. The summed E-state index contributed by atoms with van der Waals surface area (Å²) in [7, 11) is 0. The van der Waals surface area contributed by atoms with Crippen molar-refractivity contribution in [3.63, 3.8) is 0 Å². The number of likely N-dealkylation sites (tertiary alicyclic amines) is 1. The number of piperidine rings is 1. The third-order valence-corrected chi connectivity index (χ3v) is 3.86. The quantitative estimate of drug-likeness (QED) is 0.785. The molecule has 0 unspecified atom stereocenters. The lowest BCUT2D eigenvalue weighted by atomic mass is 9.89. The van der Waals surface area contributed by atoms with Crippen LogP contribution in [-0.4, -0.2) is 29.8 Å². The smallest absolute Gasteiger partial charge is 0.406 e. The van der Waals surface area contributed by atoms with Crippen LogP contribution in [0.1, 0.15) is 51.4 Å². The third kappa shape index (κ3) is 2.48. The maximum Gasteiger partial charge on any atom is 0.406 e. The number of hydrogen-bond donors (Lipinski definition) is 1. The van der Waals surface area contributed by atoms with Crippen molar-refractivity contribution in [3.8, 4) is 0 Å². The standard InChI is InChI=1S/C12H22N2O2/c13-11(15)16-12(7-3-1-4-8-12)14-9-5-2-6-10-14/h1-10H2,(H2,13,15). The first-order valence-corrected chi connectivity index (χ1v) is 6.46. The number of carbonyl (C=O) groups excluding carboxylic acids is 1. The van der Waals surface area contributed by atoms with E-state index in [1.165, 1.54) is 25.7 Å². The predicted molar refractivity (Wildman–Crippen MR) is 61.9 cm³/mol. The first-order valence-electron chi connectivity index (χ1n) is 6.46. The average molecular weight is 226 g/mol. The molecular formula is C12H22N2O2. The molecule has 4 nitrogen and oxygen atoms in total. The van der Waals surface area contributed by atoms with Crippen molar-refractivity contribution in [3.05, 3.63) is 0 Å². The highest BCUT2D eigenvalue weighted by Gasteiger charge is 2.41. The Balaban J connectivity index is 2.07. The fraction of sp³-hybridized carbons (Fsp3) is 0.917. The van der Waals surface area contributed by atoms with Crippen molar-refractivity contribution in [2.45, 2.75) is 57.1 Å². The molecule has 2 rings (SSSR count). The van der Waals surface area contributed by atoms with Gasteiger partial charge in [0.05, 0.1) is 0 Å². The minimum Gasteiger partial charge on any atom is -0.428 e. The van der Waals surface area contributed by atoms with Gasteiger partial charge in [-0.15, -0.1) is 0 Å². The lowest BCUT2D eigenvalue weighted by Crippen LogP contribution is -2.55. The van der Waals surface area contributed by atoms with Crippen molar-refractivity contribution in [2.75, 3.05) is 13.1 Å². The molecule has 4 heteroatoms. The van der Waals surface area contributed by atoms with Gasteiger partial charge >= 0.3 is 6.09 Å². The number of carbonyl (C=O) groups is 1. The van der Waals surface area contributed by atoms with Crippen LogP contribution in [0.2, 0.25) is 0 Å². The Bertz CT molecular complexity index is 243. The number of ether oxygens (including phenoxy) is 1. The van der Waals surface area contributed by atoms with Gasteiger partial charge in [-0.25, -0.2) is 4.79 Å². The van der Waals surface area contributed by atoms with Gasteiger partial charge in [-0.2, -0.15) is 0 Å². The first kappa shape index (κ1) is 11.7. The van der Waals surface area contributed by atoms with Gasteiger partial charge in [-0.05, 0) is 25.7 Å². The second-order valence-electron chi connectivity index (χ2n) is 4.98. The van der Waals surface area contributed by atoms with E-state index >= 15 is 0 Å². The molecule has 92 valence electrons. The summed E-state index contributed by atoms with van der Waals surface area (Å²) in [4.78, 5) is 13.4. The molecule has 0 bridgehead atoms. The van der Waals surface area contributed by atoms with Crippen LogP contribution in [0.5, 0.6) is 0 Å². The summed E-state index contributed by atoms with van der Waals surface area (Å²) in [5.74, 6) is 0. The van der Waals surface area contributed by atoms with Gasteiger partial charge in [0, 0.05) is 25.9 Å². The predicted octanol–water partition coefficient (Wildman–Crippen LogP) is 2.23.